The van der Waals surface area contributed by atoms with Gasteiger partial charge in [-0.2, -0.15) is 0 Å². The van der Waals surface area contributed by atoms with Crippen LogP contribution >= 0.6 is 0 Å². The minimum Gasteiger partial charge on any atom is -0.345 e. The van der Waals surface area contributed by atoms with Crippen LogP contribution in [0.5, 0.6) is 0 Å². The van der Waals surface area contributed by atoms with Crippen molar-refractivity contribution in [3.63, 3.8) is 0 Å². The number of nitrogens with zero attached hydrogens (tertiary/aromatic N) is 1. The lowest BCUT2D eigenvalue weighted by Crippen LogP contribution is -2.33. The van der Waals surface area contributed by atoms with Crippen molar-refractivity contribution in [2.24, 2.45) is 0 Å². The van der Waals surface area contributed by atoms with Gasteiger partial charge in [0.2, 0.25) is 10.0 Å². The highest BCUT2D eigenvalue weighted by Crippen LogP contribution is 2.24. The van der Waals surface area contributed by atoms with Crippen LogP contribution in [0, 0.1) is 0 Å². The van der Waals surface area contributed by atoms with Crippen molar-refractivity contribution < 1.29 is 13.2 Å². The number of amides is 1. The number of unbranched alkanes of at least 4 members (excludes halogenated alkanes) is 2. The second-order valence-electron chi connectivity index (χ2n) is 9.91. The molecule has 41 heavy (non-hydrogen) atoms. The first-order valence-corrected chi connectivity index (χ1v) is 15.7. The summed E-state index contributed by atoms with van der Waals surface area (Å²) in [6.07, 6.45) is 5.33. The van der Waals surface area contributed by atoms with Gasteiger partial charge in [0.05, 0.1) is 23.1 Å². The van der Waals surface area contributed by atoms with Crippen LogP contribution in [-0.2, 0) is 22.9 Å². The van der Waals surface area contributed by atoms with E-state index in [1.165, 1.54) is 0 Å². The second-order valence-corrected chi connectivity index (χ2v) is 11.8. The molecule has 2 N–H and O–H groups in total. The molecule has 0 unspecified atom stereocenters. The highest BCUT2D eigenvalue weighted by molar-refractivity contribution is 7.90. The molecule has 0 aliphatic carbocycles. The van der Waals surface area contributed by atoms with E-state index >= 15 is 0 Å². The van der Waals surface area contributed by atoms with Crippen LogP contribution in [0.4, 0.5) is 0 Å². The number of sulfonamides is 1. The molecule has 4 aromatic carbocycles. The summed E-state index contributed by atoms with van der Waals surface area (Å²) >= 11 is 0. The summed E-state index contributed by atoms with van der Waals surface area (Å²) in [5.41, 5.74) is 7.84. The largest absolute Gasteiger partial charge is 0.345 e. The smallest absolute Gasteiger partial charge is 0.265 e. The number of carbonyl (C=O) groups excluding carboxylic acids is 1. The number of nitrogens with one attached hydrogen (secondary N) is 2. The van der Waals surface area contributed by atoms with E-state index in [0.717, 1.165) is 58.1 Å². The average molecular weight is 568 g/mol. The molecule has 0 aliphatic rings. The molecule has 7 heteroatoms. The zero-order valence-corrected chi connectivity index (χ0v) is 24.5. The van der Waals surface area contributed by atoms with E-state index in [0.29, 0.717) is 18.4 Å². The van der Waals surface area contributed by atoms with E-state index in [9.17, 15) is 13.2 Å². The van der Waals surface area contributed by atoms with Crippen molar-refractivity contribution in [3.8, 4) is 11.1 Å². The zero-order valence-electron chi connectivity index (χ0n) is 23.6. The number of benzene rings is 4. The van der Waals surface area contributed by atoms with E-state index in [4.69, 9.17) is 0 Å². The Balaban J connectivity index is 0.000000360. The third-order valence-corrected chi connectivity index (χ3v) is 8.26. The Morgan fingerprint density at radius 3 is 2.22 bits per heavy atom. The summed E-state index contributed by atoms with van der Waals surface area (Å²) in [6.45, 7) is 4.06. The maximum Gasteiger partial charge on any atom is 0.265 e. The first-order valence-electron chi connectivity index (χ1n) is 14.1. The lowest BCUT2D eigenvalue weighted by Gasteiger charge is -2.15. The van der Waals surface area contributed by atoms with Crippen molar-refractivity contribution in [1.82, 2.24) is 14.7 Å². The summed E-state index contributed by atoms with van der Waals surface area (Å²) in [4.78, 5) is 20.0. The summed E-state index contributed by atoms with van der Waals surface area (Å²) in [7, 11) is -3.65. The van der Waals surface area contributed by atoms with E-state index in [1.54, 1.807) is 12.4 Å². The van der Waals surface area contributed by atoms with Gasteiger partial charge in [-0.05, 0) is 65.3 Å². The van der Waals surface area contributed by atoms with Crippen LogP contribution < -0.4 is 4.72 Å². The molecule has 0 radical (unpaired) electrons. The summed E-state index contributed by atoms with van der Waals surface area (Å²) < 4.78 is 27.0. The molecule has 1 aromatic heterocycles. The van der Waals surface area contributed by atoms with E-state index < -0.39 is 15.9 Å². The monoisotopic (exact) mass is 567 g/mol. The van der Waals surface area contributed by atoms with Crippen LogP contribution in [0.1, 0.15) is 60.2 Å². The molecular formula is C34H37N3O3S. The summed E-state index contributed by atoms with van der Waals surface area (Å²) in [5.74, 6) is -0.580. The maximum atomic E-state index is 12.9. The number of rotatable bonds is 10. The van der Waals surface area contributed by atoms with Gasteiger partial charge in [-0.3, -0.25) is 4.79 Å². The van der Waals surface area contributed by atoms with Crippen LogP contribution in [0.15, 0.2) is 103 Å². The Labute approximate surface area is 242 Å². The fraction of sp³-hybridized carbons (Fsp3) is 0.235. The number of hydrogen-bond donors (Lipinski definition) is 2. The van der Waals surface area contributed by atoms with Gasteiger partial charge in [0.25, 0.3) is 5.91 Å². The molecule has 5 rings (SSSR count). The summed E-state index contributed by atoms with van der Waals surface area (Å²) in [5, 5.41) is 0. The molecule has 212 valence electrons. The average Bonchev–Trinajstić information content (AvgIpc) is 3.47. The van der Waals surface area contributed by atoms with Gasteiger partial charge >= 0.3 is 0 Å². The highest BCUT2D eigenvalue weighted by Gasteiger charge is 2.20. The first-order chi connectivity index (χ1) is 19.9. The number of H-pyrrole nitrogens is 1. The topological polar surface area (TPSA) is 91.9 Å². The number of aromatic amines is 1. The molecule has 0 saturated carbocycles. The Bertz CT molecular complexity index is 1630. The van der Waals surface area contributed by atoms with Gasteiger partial charge in [-0.15, -0.1) is 0 Å². The number of fused-ring (bicyclic) bond motifs is 1. The third kappa shape index (κ3) is 8.38. The number of carbonyl (C=O) groups is 1. The van der Waals surface area contributed by atoms with Gasteiger partial charge < -0.3 is 4.98 Å². The number of hydrogen-bond acceptors (Lipinski definition) is 4. The fourth-order valence-corrected chi connectivity index (χ4v) is 5.78. The highest BCUT2D eigenvalue weighted by atomic mass is 32.2. The zero-order chi connectivity index (χ0) is 29.1. The maximum absolute atomic E-state index is 12.9. The number of para-hydroxylation sites is 2. The molecular weight excluding hydrogens is 530 g/mol. The number of aryl methyl sites for hydroxylation is 1. The van der Waals surface area contributed by atoms with Crippen molar-refractivity contribution in [3.05, 3.63) is 126 Å². The van der Waals surface area contributed by atoms with Crippen molar-refractivity contribution in [2.75, 3.05) is 5.75 Å². The molecule has 0 atom stereocenters. The van der Waals surface area contributed by atoms with Gasteiger partial charge in [-0.25, -0.2) is 18.1 Å². The Hall–Kier alpha value is -4.23. The third-order valence-electron chi connectivity index (χ3n) is 6.93. The van der Waals surface area contributed by atoms with E-state index in [-0.39, 0.29) is 5.75 Å². The molecule has 5 aromatic rings. The molecule has 1 amide bonds. The minimum atomic E-state index is -3.65. The van der Waals surface area contributed by atoms with Crippen LogP contribution in [0.25, 0.3) is 22.2 Å². The van der Waals surface area contributed by atoms with Crippen LogP contribution in [-0.4, -0.2) is 30.0 Å². The molecule has 0 spiro atoms. The van der Waals surface area contributed by atoms with E-state index in [2.05, 4.69) is 51.1 Å². The van der Waals surface area contributed by atoms with Crippen LogP contribution in [0.2, 0.25) is 0 Å². The normalized spacial score (nSPS) is 11.1. The fourth-order valence-electron chi connectivity index (χ4n) is 4.71. The number of aromatic nitrogens is 2. The lowest BCUT2D eigenvalue weighted by atomic mass is 9.92. The second kappa shape index (κ2) is 14.4. The molecule has 0 fully saturated rings. The van der Waals surface area contributed by atoms with Gasteiger partial charge in [-0.1, -0.05) is 106 Å². The SMILES string of the molecule is CCCCCS(=O)(=O)NC(=O)c1cccc(CC)c1Cc1ccc(-c2ccccc2)cc1.c1ccc2[nH]cnc2c1. The predicted molar refractivity (Wildman–Crippen MR) is 167 cm³/mol. The molecule has 0 bridgehead atoms. The quantitative estimate of drug-likeness (QED) is 0.173. The van der Waals surface area contributed by atoms with Gasteiger partial charge in [0, 0.05) is 5.56 Å². The van der Waals surface area contributed by atoms with Crippen molar-refractivity contribution >= 4 is 27.0 Å². The molecule has 0 saturated heterocycles. The predicted octanol–water partition coefficient (Wildman–Crippen LogP) is 7.32. The Morgan fingerprint density at radius 2 is 1.51 bits per heavy atom. The standard InChI is InChI=1S/C27H31NO3S.C7H6N2/c1-3-5-9-19-32(30,31)28-27(29)25-14-10-13-22(4-2)26(25)20-21-15-17-24(18-16-21)23-11-7-6-8-12-23;1-2-4-7-6(3-1)8-5-9-7/h6-8,10-18H,3-5,9,19-20H2,1-2H3,(H,28,29);1-5H,(H,8,9). The van der Waals surface area contributed by atoms with Crippen molar-refractivity contribution in [2.45, 2.75) is 46.0 Å². The van der Waals surface area contributed by atoms with Crippen LogP contribution in [0.3, 0.4) is 0 Å². The van der Waals surface area contributed by atoms with Crippen molar-refractivity contribution in [1.29, 1.82) is 0 Å². The summed E-state index contributed by atoms with van der Waals surface area (Å²) in [6, 6.07) is 31.9. The Kier molecular flexibility index (Phi) is 10.5. The molecule has 1 heterocycles. The lowest BCUT2D eigenvalue weighted by molar-refractivity contribution is 0.0980. The molecule has 0 aliphatic heterocycles. The minimum absolute atomic E-state index is 0.0314. The first kappa shape index (κ1) is 29.7. The van der Waals surface area contributed by atoms with Gasteiger partial charge in [0.15, 0.2) is 0 Å². The Morgan fingerprint density at radius 1 is 0.805 bits per heavy atom. The number of imidazole rings is 1. The molecule has 6 nitrogen and oxygen atoms in total. The van der Waals surface area contributed by atoms with E-state index in [1.807, 2.05) is 68.4 Å². The van der Waals surface area contributed by atoms with Gasteiger partial charge in [0.1, 0.15) is 0 Å².